The van der Waals surface area contributed by atoms with Crippen LogP contribution in [0.2, 0.25) is 5.02 Å². The second kappa shape index (κ2) is 6.47. The van der Waals surface area contributed by atoms with Crippen LogP contribution in [0.4, 0.5) is 0 Å². The Kier molecular flexibility index (Phi) is 4.93. The highest BCUT2D eigenvalue weighted by Gasteiger charge is 2.11. The van der Waals surface area contributed by atoms with Crippen LogP contribution in [0.15, 0.2) is 35.8 Å². The van der Waals surface area contributed by atoms with E-state index in [0.29, 0.717) is 23.6 Å². The van der Waals surface area contributed by atoms with E-state index in [1.807, 2.05) is 5.38 Å². The monoisotopic (exact) mass is 316 g/mol. The van der Waals surface area contributed by atoms with Crippen molar-refractivity contribution in [3.8, 4) is 0 Å². The summed E-state index contributed by atoms with van der Waals surface area (Å²) in [6.45, 7) is 0.365. The van der Waals surface area contributed by atoms with Crippen LogP contribution in [0.3, 0.4) is 0 Å². The number of rotatable bonds is 6. The third-order valence-electron chi connectivity index (χ3n) is 2.41. The Hall–Kier alpha value is -0.950. The Balaban J connectivity index is 1.86. The number of nitrogens with zero attached hydrogens (tertiary/aromatic N) is 1. The van der Waals surface area contributed by atoms with Crippen molar-refractivity contribution in [2.24, 2.45) is 0 Å². The van der Waals surface area contributed by atoms with Gasteiger partial charge in [-0.25, -0.2) is 18.1 Å². The molecule has 0 spiro atoms. The van der Waals surface area contributed by atoms with Crippen LogP contribution >= 0.6 is 22.9 Å². The second-order valence-corrected chi connectivity index (χ2v) is 7.18. The predicted octanol–water partition coefficient (Wildman–Crippen LogP) is 2.46. The van der Waals surface area contributed by atoms with Crippen molar-refractivity contribution >= 4 is 33.0 Å². The first-order valence-electron chi connectivity index (χ1n) is 5.65. The zero-order valence-corrected chi connectivity index (χ0v) is 12.4. The number of hydrogen-bond acceptors (Lipinski definition) is 4. The predicted molar refractivity (Wildman–Crippen MR) is 77.9 cm³/mol. The molecular weight excluding hydrogens is 304 g/mol. The molecule has 0 aliphatic rings. The maximum atomic E-state index is 11.9. The standard InChI is InChI=1S/C12H13ClN2O2S2/c13-11-3-1-10(2-4-11)9-19(16,17)15-6-5-12-14-7-8-18-12/h1-4,7-8,15H,5-6,9H2. The van der Waals surface area contributed by atoms with E-state index in [1.165, 1.54) is 11.3 Å². The highest BCUT2D eigenvalue weighted by molar-refractivity contribution is 7.88. The molecule has 102 valence electrons. The maximum absolute atomic E-state index is 11.9. The number of nitrogens with one attached hydrogen (secondary N) is 1. The van der Waals surface area contributed by atoms with Crippen molar-refractivity contribution in [2.75, 3.05) is 6.54 Å². The van der Waals surface area contributed by atoms with Crippen LogP contribution in [0.5, 0.6) is 0 Å². The lowest BCUT2D eigenvalue weighted by Gasteiger charge is -2.06. The number of benzene rings is 1. The number of aromatic nitrogens is 1. The summed E-state index contributed by atoms with van der Waals surface area (Å²) in [5.41, 5.74) is 0.714. The van der Waals surface area contributed by atoms with Crippen molar-refractivity contribution in [1.82, 2.24) is 9.71 Å². The molecule has 4 nitrogen and oxygen atoms in total. The molecule has 0 saturated heterocycles. The van der Waals surface area contributed by atoms with Gasteiger partial charge in [0.15, 0.2) is 0 Å². The molecule has 0 atom stereocenters. The fraction of sp³-hybridized carbons (Fsp3) is 0.250. The van der Waals surface area contributed by atoms with E-state index >= 15 is 0 Å². The molecule has 1 aromatic heterocycles. The van der Waals surface area contributed by atoms with Gasteiger partial charge >= 0.3 is 0 Å². The SMILES string of the molecule is O=S(=O)(Cc1ccc(Cl)cc1)NCCc1nccs1. The summed E-state index contributed by atoms with van der Waals surface area (Å²) >= 11 is 7.27. The highest BCUT2D eigenvalue weighted by Crippen LogP contribution is 2.11. The van der Waals surface area contributed by atoms with Gasteiger partial charge in [-0.1, -0.05) is 23.7 Å². The molecule has 0 aliphatic heterocycles. The average molecular weight is 317 g/mol. The Morgan fingerprint density at radius 2 is 2.00 bits per heavy atom. The van der Waals surface area contributed by atoms with E-state index < -0.39 is 10.0 Å². The van der Waals surface area contributed by atoms with Gasteiger partial charge in [0.05, 0.1) is 10.8 Å². The van der Waals surface area contributed by atoms with Crippen LogP contribution in [0, 0.1) is 0 Å². The minimum Gasteiger partial charge on any atom is -0.250 e. The first-order chi connectivity index (χ1) is 9.05. The largest absolute Gasteiger partial charge is 0.250 e. The van der Waals surface area contributed by atoms with Crippen molar-refractivity contribution in [1.29, 1.82) is 0 Å². The molecule has 0 radical (unpaired) electrons. The smallest absolute Gasteiger partial charge is 0.215 e. The molecule has 2 rings (SSSR count). The Bertz CT molecular complexity index is 610. The third kappa shape index (κ3) is 4.91. The lowest BCUT2D eigenvalue weighted by Crippen LogP contribution is -2.27. The molecule has 1 aromatic carbocycles. The molecule has 19 heavy (non-hydrogen) atoms. The van der Waals surface area contributed by atoms with Gasteiger partial charge in [0.1, 0.15) is 0 Å². The second-order valence-electron chi connectivity index (χ2n) is 3.96. The molecule has 7 heteroatoms. The molecule has 0 amide bonds. The summed E-state index contributed by atoms with van der Waals surface area (Å²) in [5, 5.41) is 3.39. The Morgan fingerprint density at radius 3 is 2.63 bits per heavy atom. The molecule has 1 heterocycles. The minimum atomic E-state index is -3.32. The van der Waals surface area contributed by atoms with Crippen LogP contribution in [0.25, 0.3) is 0 Å². The summed E-state index contributed by atoms with van der Waals surface area (Å²) in [6.07, 6.45) is 2.32. The van der Waals surface area contributed by atoms with E-state index in [-0.39, 0.29) is 5.75 Å². The molecule has 0 unspecified atom stereocenters. The first kappa shape index (κ1) is 14.5. The fourth-order valence-corrected chi connectivity index (χ4v) is 3.43. The fourth-order valence-electron chi connectivity index (χ4n) is 1.54. The van der Waals surface area contributed by atoms with Gasteiger partial charge in [-0.05, 0) is 17.7 Å². The quantitative estimate of drug-likeness (QED) is 0.890. The number of sulfonamides is 1. The minimum absolute atomic E-state index is 0.0396. The average Bonchev–Trinajstić information content (AvgIpc) is 2.85. The van der Waals surface area contributed by atoms with Gasteiger partial charge in [-0.15, -0.1) is 11.3 Å². The van der Waals surface area contributed by atoms with Gasteiger partial charge in [-0.3, -0.25) is 0 Å². The van der Waals surface area contributed by atoms with Crippen molar-refractivity contribution in [3.05, 3.63) is 51.4 Å². The van der Waals surface area contributed by atoms with Crippen LogP contribution in [0.1, 0.15) is 10.6 Å². The summed E-state index contributed by atoms with van der Waals surface area (Å²) in [5.74, 6) is -0.0396. The van der Waals surface area contributed by atoms with E-state index in [9.17, 15) is 8.42 Å². The van der Waals surface area contributed by atoms with Gasteiger partial charge < -0.3 is 0 Å². The van der Waals surface area contributed by atoms with E-state index in [0.717, 1.165) is 5.01 Å². The zero-order valence-electron chi connectivity index (χ0n) is 10.0. The molecular formula is C12H13ClN2O2S2. The maximum Gasteiger partial charge on any atom is 0.215 e. The molecule has 0 aliphatic carbocycles. The van der Waals surface area contributed by atoms with Crippen LogP contribution < -0.4 is 4.72 Å². The lowest BCUT2D eigenvalue weighted by atomic mass is 10.2. The first-order valence-corrected chi connectivity index (χ1v) is 8.56. The highest BCUT2D eigenvalue weighted by atomic mass is 35.5. The topological polar surface area (TPSA) is 59.1 Å². The van der Waals surface area contributed by atoms with Gasteiger partial charge in [0, 0.05) is 29.6 Å². The summed E-state index contributed by atoms with van der Waals surface area (Å²) in [6, 6.07) is 6.79. The summed E-state index contributed by atoms with van der Waals surface area (Å²) in [7, 11) is -3.32. The van der Waals surface area contributed by atoms with Crippen LogP contribution in [-0.4, -0.2) is 19.9 Å². The molecule has 2 aromatic rings. The van der Waals surface area contributed by atoms with Crippen molar-refractivity contribution < 1.29 is 8.42 Å². The molecule has 0 saturated carbocycles. The Morgan fingerprint density at radius 1 is 1.26 bits per heavy atom. The number of thiazole rings is 1. The Labute approximate surface area is 121 Å². The molecule has 0 fully saturated rings. The van der Waals surface area contributed by atoms with Gasteiger partial charge in [0.2, 0.25) is 10.0 Å². The van der Waals surface area contributed by atoms with Crippen molar-refractivity contribution in [2.45, 2.75) is 12.2 Å². The van der Waals surface area contributed by atoms with E-state index in [4.69, 9.17) is 11.6 Å². The number of halogens is 1. The third-order valence-corrected chi connectivity index (χ3v) is 4.86. The normalized spacial score (nSPS) is 11.6. The van der Waals surface area contributed by atoms with Gasteiger partial charge in [-0.2, -0.15) is 0 Å². The summed E-state index contributed by atoms with van der Waals surface area (Å²) < 4.78 is 26.3. The summed E-state index contributed by atoms with van der Waals surface area (Å²) in [4.78, 5) is 4.10. The lowest BCUT2D eigenvalue weighted by molar-refractivity contribution is 0.580. The van der Waals surface area contributed by atoms with E-state index in [2.05, 4.69) is 9.71 Å². The molecule has 1 N–H and O–H groups in total. The van der Waals surface area contributed by atoms with Crippen LogP contribution in [-0.2, 0) is 22.2 Å². The molecule has 0 bridgehead atoms. The van der Waals surface area contributed by atoms with E-state index in [1.54, 1.807) is 30.5 Å². The van der Waals surface area contributed by atoms with Crippen molar-refractivity contribution in [3.63, 3.8) is 0 Å². The van der Waals surface area contributed by atoms with Gasteiger partial charge in [0.25, 0.3) is 0 Å². The zero-order chi connectivity index (χ0) is 13.7. The number of hydrogen-bond donors (Lipinski definition) is 1.